The van der Waals surface area contributed by atoms with Gasteiger partial charge in [0.15, 0.2) is 0 Å². The lowest BCUT2D eigenvalue weighted by Crippen LogP contribution is -2.63. The first-order chi connectivity index (χ1) is 16.4. The fourth-order valence-corrected chi connectivity index (χ4v) is 8.13. The van der Waals surface area contributed by atoms with E-state index in [1.807, 2.05) is 36.4 Å². The van der Waals surface area contributed by atoms with Gasteiger partial charge in [-0.1, -0.05) is 63.6 Å². The van der Waals surface area contributed by atoms with E-state index in [4.69, 9.17) is 4.84 Å². The molecule has 5 heteroatoms. The highest BCUT2D eigenvalue weighted by molar-refractivity contribution is 5.88. The molecule has 5 nitrogen and oxygen atoms in total. The number of rotatable bonds is 3. The maximum absolute atomic E-state index is 13.1. The zero-order valence-electron chi connectivity index (χ0n) is 20.5. The summed E-state index contributed by atoms with van der Waals surface area (Å²) >= 11 is 0. The highest BCUT2D eigenvalue weighted by atomic mass is 16.7. The Morgan fingerprint density at radius 2 is 1.88 bits per heavy atom. The molecular formula is C29H35N3O2. The molecule has 2 aromatic rings. The standard InChI is InChI=1S/C29H35N3O2/c1-19-18-24-29(3,22-11-15-28(2)14-7-10-21(28)26(19)22)16-12-25(33)32(24)34-27-30-17-13-23(31-27)20-8-5-4-6-9-20/h4-6,8-9,12-13,16-17,19,21-22,24,26H,7,10-11,14-15,18H2,1-3H3/t19-,21-,22-,24+,26-,28-,29+/m0/s1. The van der Waals surface area contributed by atoms with Crippen LogP contribution in [0.2, 0.25) is 0 Å². The third-order valence-electron chi connectivity index (χ3n) is 9.85. The number of amides is 1. The Morgan fingerprint density at radius 1 is 1.06 bits per heavy atom. The maximum atomic E-state index is 13.1. The van der Waals surface area contributed by atoms with Gasteiger partial charge in [0.1, 0.15) is 0 Å². The number of hydrogen-bond donors (Lipinski definition) is 0. The molecule has 0 bridgehead atoms. The minimum Gasteiger partial charge on any atom is -0.334 e. The number of carbonyl (C=O) groups excluding carboxylic acids is 1. The Hall–Kier alpha value is -2.69. The van der Waals surface area contributed by atoms with Gasteiger partial charge in [-0.05, 0) is 67.3 Å². The van der Waals surface area contributed by atoms with Gasteiger partial charge in [-0.25, -0.2) is 4.98 Å². The molecule has 7 atom stereocenters. The lowest BCUT2D eigenvalue weighted by atomic mass is 9.46. The van der Waals surface area contributed by atoms with Crippen LogP contribution in [0, 0.1) is 34.5 Å². The largest absolute Gasteiger partial charge is 0.343 e. The molecule has 3 aliphatic carbocycles. The predicted molar refractivity (Wildman–Crippen MR) is 131 cm³/mol. The van der Waals surface area contributed by atoms with Crippen LogP contribution in [0.5, 0.6) is 6.01 Å². The minimum absolute atomic E-state index is 0.00371. The van der Waals surface area contributed by atoms with Gasteiger partial charge in [-0.15, -0.1) is 0 Å². The Labute approximate surface area is 202 Å². The summed E-state index contributed by atoms with van der Waals surface area (Å²) in [6, 6.07) is 12.1. The van der Waals surface area contributed by atoms with Crippen molar-refractivity contribution in [1.82, 2.24) is 15.0 Å². The van der Waals surface area contributed by atoms with Crippen LogP contribution >= 0.6 is 0 Å². The van der Waals surface area contributed by atoms with Gasteiger partial charge < -0.3 is 4.84 Å². The van der Waals surface area contributed by atoms with Crippen molar-refractivity contribution in [3.8, 4) is 17.3 Å². The summed E-state index contributed by atoms with van der Waals surface area (Å²) in [5, 5.41) is 1.60. The molecule has 3 fully saturated rings. The average molecular weight is 458 g/mol. The van der Waals surface area contributed by atoms with Crippen molar-refractivity contribution in [2.24, 2.45) is 34.5 Å². The second-order valence-electron chi connectivity index (χ2n) is 11.6. The summed E-state index contributed by atoms with van der Waals surface area (Å²) in [4.78, 5) is 28.3. The van der Waals surface area contributed by atoms with Gasteiger partial charge in [0.25, 0.3) is 5.91 Å². The molecule has 1 aromatic carbocycles. The van der Waals surface area contributed by atoms with Crippen molar-refractivity contribution >= 4 is 5.91 Å². The third-order valence-corrected chi connectivity index (χ3v) is 9.85. The number of carbonyl (C=O) groups is 1. The highest BCUT2D eigenvalue weighted by Crippen LogP contribution is 2.65. The SMILES string of the molecule is C[C@H]1C[C@H]2N(Oc3nccc(-c4ccccc4)n3)C(=O)C=C[C@]2(C)[C@H]2CC[C@]3(C)CCC[C@H]3[C@H]12. The molecule has 0 N–H and O–H groups in total. The van der Waals surface area contributed by atoms with E-state index < -0.39 is 0 Å². The van der Waals surface area contributed by atoms with Crippen LogP contribution in [0.25, 0.3) is 11.3 Å². The summed E-state index contributed by atoms with van der Waals surface area (Å²) in [7, 11) is 0. The number of fused-ring (bicyclic) bond motifs is 5. The highest BCUT2D eigenvalue weighted by Gasteiger charge is 2.61. The van der Waals surface area contributed by atoms with Crippen molar-refractivity contribution < 1.29 is 9.63 Å². The van der Waals surface area contributed by atoms with Crippen molar-refractivity contribution in [3.63, 3.8) is 0 Å². The summed E-state index contributed by atoms with van der Waals surface area (Å²) in [6.45, 7) is 7.31. The molecule has 0 spiro atoms. The average Bonchev–Trinajstić information content (AvgIpc) is 3.25. The summed E-state index contributed by atoms with van der Waals surface area (Å²) < 4.78 is 0. The molecule has 1 amide bonds. The third kappa shape index (κ3) is 3.30. The smallest absolute Gasteiger partial charge is 0.334 e. The number of aromatic nitrogens is 2. The van der Waals surface area contributed by atoms with Gasteiger partial charge in [0.05, 0.1) is 11.7 Å². The lowest BCUT2D eigenvalue weighted by Gasteiger charge is -2.61. The zero-order valence-corrected chi connectivity index (χ0v) is 20.5. The zero-order chi connectivity index (χ0) is 23.5. The second kappa shape index (κ2) is 7.93. The van der Waals surface area contributed by atoms with Crippen molar-refractivity contribution in [1.29, 1.82) is 0 Å². The quantitative estimate of drug-likeness (QED) is 0.560. The van der Waals surface area contributed by atoms with E-state index in [9.17, 15) is 4.79 Å². The van der Waals surface area contributed by atoms with Gasteiger partial charge >= 0.3 is 6.01 Å². The van der Waals surface area contributed by atoms with Crippen LogP contribution in [0.3, 0.4) is 0 Å². The summed E-state index contributed by atoms with van der Waals surface area (Å²) in [5.41, 5.74) is 2.21. The van der Waals surface area contributed by atoms with Crippen molar-refractivity contribution in [3.05, 3.63) is 54.7 Å². The van der Waals surface area contributed by atoms with Gasteiger partial charge in [0, 0.05) is 23.3 Å². The molecular weight excluding hydrogens is 422 g/mol. The number of hydroxylamine groups is 2. The Balaban J connectivity index is 1.31. The molecule has 6 rings (SSSR count). The van der Waals surface area contributed by atoms with Gasteiger partial charge in [0.2, 0.25) is 0 Å². The summed E-state index contributed by atoms with van der Waals surface area (Å²) in [6.07, 6.45) is 13.3. The van der Waals surface area contributed by atoms with Gasteiger partial charge in [-0.2, -0.15) is 10.0 Å². The summed E-state index contributed by atoms with van der Waals surface area (Å²) in [5.74, 6) is 2.56. The molecule has 0 unspecified atom stereocenters. The van der Waals surface area contributed by atoms with Crippen molar-refractivity contribution in [2.75, 3.05) is 0 Å². The van der Waals surface area contributed by atoms with Crippen LogP contribution < -0.4 is 4.84 Å². The molecule has 2 heterocycles. The Morgan fingerprint density at radius 3 is 2.71 bits per heavy atom. The topological polar surface area (TPSA) is 55.3 Å². The fraction of sp³-hybridized carbons (Fsp3) is 0.552. The Kier molecular flexibility index (Phi) is 5.09. The molecule has 1 aromatic heterocycles. The Bertz CT molecular complexity index is 1120. The van der Waals surface area contributed by atoms with Crippen LogP contribution in [-0.4, -0.2) is 27.0 Å². The van der Waals surface area contributed by atoms with Crippen molar-refractivity contribution in [2.45, 2.75) is 65.3 Å². The van der Waals surface area contributed by atoms with Gasteiger partial charge in [-0.3, -0.25) is 4.79 Å². The first-order valence-electron chi connectivity index (χ1n) is 13.0. The van der Waals surface area contributed by atoms with E-state index in [1.165, 1.54) is 32.1 Å². The van der Waals surface area contributed by atoms with E-state index in [2.05, 4.69) is 36.8 Å². The number of benzene rings is 1. The predicted octanol–water partition coefficient (Wildman–Crippen LogP) is 6.08. The van der Waals surface area contributed by atoms with E-state index in [0.29, 0.717) is 17.3 Å². The number of nitrogens with zero attached hydrogens (tertiary/aromatic N) is 3. The fourth-order valence-electron chi connectivity index (χ4n) is 8.13. The van der Waals surface area contributed by atoms with Crippen LogP contribution in [-0.2, 0) is 4.79 Å². The molecule has 3 saturated carbocycles. The first-order valence-corrected chi connectivity index (χ1v) is 13.0. The van der Waals surface area contributed by atoms with E-state index in [0.717, 1.165) is 29.5 Å². The van der Waals surface area contributed by atoms with Crippen LogP contribution in [0.1, 0.15) is 59.3 Å². The molecule has 34 heavy (non-hydrogen) atoms. The minimum atomic E-state index is -0.108. The first kappa shape index (κ1) is 21.8. The van der Waals surface area contributed by atoms with Crippen LogP contribution in [0.4, 0.5) is 0 Å². The van der Waals surface area contributed by atoms with E-state index in [-0.39, 0.29) is 23.4 Å². The van der Waals surface area contributed by atoms with Crippen LogP contribution in [0.15, 0.2) is 54.7 Å². The molecule has 4 aliphatic rings. The normalized spacial score (nSPS) is 38.7. The maximum Gasteiger partial charge on any atom is 0.343 e. The van der Waals surface area contributed by atoms with E-state index >= 15 is 0 Å². The second-order valence-corrected chi connectivity index (χ2v) is 11.6. The molecule has 1 aliphatic heterocycles. The molecule has 0 radical (unpaired) electrons. The number of hydrogen-bond acceptors (Lipinski definition) is 4. The monoisotopic (exact) mass is 457 g/mol. The lowest BCUT2D eigenvalue weighted by molar-refractivity contribution is -0.197. The molecule has 0 saturated heterocycles. The molecule has 178 valence electrons. The van der Waals surface area contributed by atoms with E-state index in [1.54, 1.807) is 17.3 Å².